The van der Waals surface area contributed by atoms with Gasteiger partial charge in [-0.2, -0.15) is 0 Å². The van der Waals surface area contributed by atoms with Crippen molar-refractivity contribution >= 4 is 29.9 Å². The number of guanidine groups is 1. The number of methoxy groups -OCH3 is 1. The molecule has 0 radical (unpaired) electrons. The van der Waals surface area contributed by atoms with Crippen LogP contribution in [0.1, 0.15) is 18.2 Å². The van der Waals surface area contributed by atoms with E-state index in [0.717, 1.165) is 22.6 Å². The van der Waals surface area contributed by atoms with Gasteiger partial charge in [-0.1, -0.05) is 24.3 Å². The lowest BCUT2D eigenvalue weighted by molar-refractivity contribution is 0.310. The predicted molar refractivity (Wildman–Crippen MR) is 129 cm³/mol. The van der Waals surface area contributed by atoms with E-state index in [1.807, 2.05) is 55.5 Å². The Morgan fingerprint density at radius 3 is 2.53 bits per heavy atom. The average Bonchev–Trinajstić information content (AvgIpc) is 3.24. The van der Waals surface area contributed by atoms with Crippen LogP contribution in [0, 0.1) is 0 Å². The number of benzene rings is 2. The fourth-order valence-electron chi connectivity index (χ4n) is 2.78. The van der Waals surface area contributed by atoms with Gasteiger partial charge in [-0.05, 0) is 36.8 Å². The van der Waals surface area contributed by atoms with Crippen LogP contribution in [-0.4, -0.2) is 31.7 Å². The van der Waals surface area contributed by atoms with E-state index in [-0.39, 0.29) is 24.0 Å². The Labute approximate surface area is 193 Å². The van der Waals surface area contributed by atoms with Crippen molar-refractivity contribution in [2.45, 2.75) is 20.0 Å². The summed E-state index contributed by atoms with van der Waals surface area (Å²) in [6.07, 6.45) is 1.65. The van der Waals surface area contributed by atoms with E-state index in [4.69, 9.17) is 13.9 Å². The molecule has 30 heavy (non-hydrogen) atoms. The first-order valence-corrected chi connectivity index (χ1v) is 9.47. The highest BCUT2D eigenvalue weighted by atomic mass is 127. The van der Waals surface area contributed by atoms with Crippen molar-refractivity contribution in [2.75, 3.05) is 20.8 Å². The highest BCUT2D eigenvalue weighted by Crippen LogP contribution is 2.28. The van der Waals surface area contributed by atoms with Crippen LogP contribution < -0.4 is 20.1 Å². The zero-order valence-electron chi connectivity index (χ0n) is 17.3. The highest BCUT2D eigenvalue weighted by Gasteiger charge is 2.08. The molecule has 1 aromatic heterocycles. The number of ether oxygens (including phenoxy) is 2. The zero-order valence-corrected chi connectivity index (χ0v) is 19.7. The number of nitrogens with one attached hydrogen (secondary N) is 2. The van der Waals surface area contributed by atoms with Crippen LogP contribution in [0.4, 0.5) is 0 Å². The quantitative estimate of drug-likeness (QED) is 0.262. The molecule has 0 saturated heterocycles. The van der Waals surface area contributed by atoms with Gasteiger partial charge in [-0.25, -0.2) is 4.98 Å². The number of hydrogen-bond acceptors (Lipinski definition) is 5. The fourth-order valence-corrected chi connectivity index (χ4v) is 2.78. The first-order chi connectivity index (χ1) is 14.2. The van der Waals surface area contributed by atoms with Crippen molar-refractivity contribution in [3.8, 4) is 23.0 Å². The van der Waals surface area contributed by atoms with Gasteiger partial charge in [0.25, 0.3) is 0 Å². The predicted octanol–water partition coefficient (Wildman–Crippen LogP) is 4.23. The number of halogens is 1. The third-order valence-electron chi connectivity index (χ3n) is 4.22. The molecule has 1 heterocycles. The van der Waals surface area contributed by atoms with Crippen molar-refractivity contribution < 1.29 is 13.9 Å². The van der Waals surface area contributed by atoms with Crippen molar-refractivity contribution in [1.82, 2.24) is 15.6 Å². The normalized spacial score (nSPS) is 10.8. The van der Waals surface area contributed by atoms with Gasteiger partial charge in [0.05, 0.1) is 26.0 Å². The van der Waals surface area contributed by atoms with Crippen LogP contribution in [0.25, 0.3) is 11.5 Å². The molecule has 2 N–H and O–H groups in total. The minimum Gasteiger partial charge on any atom is -0.493 e. The molecule has 3 rings (SSSR count). The first kappa shape index (κ1) is 23.5. The van der Waals surface area contributed by atoms with Crippen molar-refractivity contribution in [3.63, 3.8) is 0 Å². The Bertz CT molecular complexity index is 945. The molecule has 7 nitrogen and oxygen atoms in total. The summed E-state index contributed by atoms with van der Waals surface area (Å²) in [5.74, 6) is 2.72. The van der Waals surface area contributed by atoms with E-state index >= 15 is 0 Å². The Hall–Kier alpha value is -2.75. The molecule has 0 unspecified atom stereocenters. The lowest BCUT2D eigenvalue weighted by atomic mass is 10.2. The average molecular weight is 522 g/mol. The first-order valence-electron chi connectivity index (χ1n) is 9.47. The molecule has 3 aromatic rings. The van der Waals surface area contributed by atoms with E-state index in [2.05, 4.69) is 20.6 Å². The summed E-state index contributed by atoms with van der Waals surface area (Å²) in [7, 11) is 3.36. The summed E-state index contributed by atoms with van der Waals surface area (Å²) >= 11 is 0. The molecule has 0 aliphatic carbocycles. The second-order valence-corrected chi connectivity index (χ2v) is 6.21. The van der Waals surface area contributed by atoms with E-state index in [1.165, 1.54) is 0 Å². The van der Waals surface area contributed by atoms with Gasteiger partial charge >= 0.3 is 0 Å². The van der Waals surface area contributed by atoms with Crippen LogP contribution in [-0.2, 0) is 13.1 Å². The second-order valence-electron chi connectivity index (χ2n) is 6.21. The second kappa shape index (κ2) is 12.1. The smallest absolute Gasteiger partial charge is 0.226 e. The summed E-state index contributed by atoms with van der Waals surface area (Å²) in [4.78, 5) is 8.77. The van der Waals surface area contributed by atoms with Gasteiger partial charge in [0, 0.05) is 19.2 Å². The summed E-state index contributed by atoms with van der Waals surface area (Å²) in [5.41, 5.74) is 2.81. The maximum Gasteiger partial charge on any atom is 0.226 e. The maximum absolute atomic E-state index is 5.57. The van der Waals surface area contributed by atoms with Gasteiger partial charge in [0.2, 0.25) is 5.89 Å². The molecule has 0 bridgehead atoms. The lowest BCUT2D eigenvalue weighted by Crippen LogP contribution is -2.36. The van der Waals surface area contributed by atoms with E-state index in [1.54, 1.807) is 20.4 Å². The SMILES string of the molecule is CCOc1ccc(CNC(=NC)NCc2coc(-c3ccccc3)n2)cc1OC.I. The number of oxazole rings is 1. The molecule has 0 amide bonds. The van der Waals surface area contributed by atoms with Gasteiger partial charge in [0.1, 0.15) is 6.26 Å². The monoisotopic (exact) mass is 522 g/mol. The molecule has 2 aromatic carbocycles. The van der Waals surface area contributed by atoms with Crippen molar-refractivity contribution in [1.29, 1.82) is 0 Å². The van der Waals surface area contributed by atoms with Crippen LogP contribution in [0.15, 0.2) is 64.2 Å². The van der Waals surface area contributed by atoms with Crippen molar-refractivity contribution in [2.24, 2.45) is 4.99 Å². The summed E-state index contributed by atoms with van der Waals surface area (Å²) in [6.45, 7) is 3.64. The molecular formula is C22H27IN4O3. The van der Waals surface area contributed by atoms with Gasteiger partial charge in [-0.3, -0.25) is 4.99 Å². The van der Waals surface area contributed by atoms with Gasteiger partial charge in [-0.15, -0.1) is 24.0 Å². The molecule has 0 aliphatic heterocycles. The van der Waals surface area contributed by atoms with E-state index < -0.39 is 0 Å². The van der Waals surface area contributed by atoms with Crippen LogP contribution in [0.3, 0.4) is 0 Å². The Kier molecular flexibility index (Phi) is 9.46. The molecule has 0 spiro atoms. The third kappa shape index (κ3) is 6.38. The Morgan fingerprint density at radius 2 is 1.83 bits per heavy atom. The van der Waals surface area contributed by atoms with Crippen molar-refractivity contribution in [3.05, 3.63) is 66.1 Å². The molecular weight excluding hydrogens is 495 g/mol. The maximum atomic E-state index is 5.57. The zero-order chi connectivity index (χ0) is 20.5. The largest absolute Gasteiger partial charge is 0.493 e. The molecule has 160 valence electrons. The highest BCUT2D eigenvalue weighted by molar-refractivity contribution is 14.0. The fraction of sp³-hybridized carbons (Fsp3) is 0.273. The molecule has 0 saturated carbocycles. The van der Waals surface area contributed by atoms with E-state index in [9.17, 15) is 0 Å². The number of rotatable bonds is 8. The minimum absolute atomic E-state index is 0. The molecule has 8 heteroatoms. The Morgan fingerprint density at radius 1 is 1.07 bits per heavy atom. The van der Waals surface area contributed by atoms with E-state index in [0.29, 0.717) is 37.3 Å². The molecule has 0 atom stereocenters. The third-order valence-corrected chi connectivity index (χ3v) is 4.22. The molecule has 0 fully saturated rings. The summed E-state index contributed by atoms with van der Waals surface area (Å²) in [6, 6.07) is 15.7. The number of nitrogens with zero attached hydrogens (tertiary/aromatic N) is 2. The van der Waals surface area contributed by atoms with Gasteiger partial charge < -0.3 is 24.5 Å². The summed E-state index contributed by atoms with van der Waals surface area (Å²) < 4.78 is 16.5. The number of aromatic nitrogens is 1. The number of aliphatic imine (C=N–C) groups is 1. The Balaban J connectivity index is 0.00000320. The topological polar surface area (TPSA) is 80.9 Å². The lowest BCUT2D eigenvalue weighted by Gasteiger charge is -2.13. The standard InChI is InChI=1S/C22H26N4O3.HI/c1-4-28-19-11-10-16(12-20(19)27-3)13-24-22(23-2)25-14-18-15-29-21(26-18)17-8-6-5-7-9-17;/h5-12,15H,4,13-14H2,1-3H3,(H2,23,24,25);1H. The van der Waals surface area contributed by atoms with Crippen LogP contribution >= 0.6 is 24.0 Å². The van der Waals surface area contributed by atoms with Crippen LogP contribution in [0.2, 0.25) is 0 Å². The number of hydrogen-bond donors (Lipinski definition) is 2. The van der Waals surface area contributed by atoms with Gasteiger partial charge in [0.15, 0.2) is 17.5 Å². The van der Waals surface area contributed by atoms with Crippen LogP contribution in [0.5, 0.6) is 11.5 Å². The summed E-state index contributed by atoms with van der Waals surface area (Å²) in [5, 5.41) is 6.52. The molecule has 0 aliphatic rings. The minimum atomic E-state index is 0.